The number of pyridine rings is 1. The highest BCUT2D eigenvalue weighted by atomic mass is 35.5. The Kier molecular flexibility index (Phi) is 3.48. The molecule has 0 spiro atoms. The van der Waals surface area contributed by atoms with E-state index in [0.717, 1.165) is 0 Å². The van der Waals surface area contributed by atoms with Gasteiger partial charge in [0.25, 0.3) is 0 Å². The minimum absolute atomic E-state index is 0.0851. The topological polar surface area (TPSA) is 68.4 Å². The van der Waals surface area contributed by atoms with Crippen LogP contribution in [0.3, 0.4) is 0 Å². The average molecular weight is 203 g/mol. The van der Waals surface area contributed by atoms with E-state index < -0.39 is 6.10 Å². The normalized spacial score (nSPS) is 12.6. The number of aromatic nitrogens is 1. The second kappa shape index (κ2) is 4.41. The van der Waals surface area contributed by atoms with Gasteiger partial charge in [-0.05, 0) is 6.07 Å². The van der Waals surface area contributed by atoms with E-state index in [-0.39, 0.29) is 6.54 Å². The van der Waals surface area contributed by atoms with Crippen LogP contribution in [0, 0.1) is 0 Å². The zero-order valence-electron chi connectivity index (χ0n) is 7.20. The average Bonchev–Trinajstić information content (AvgIpc) is 2.16. The molecule has 3 N–H and O–H groups in total. The van der Waals surface area contributed by atoms with Crippen molar-refractivity contribution >= 4 is 11.6 Å². The first kappa shape index (κ1) is 10.2. The number of nitrogens with two attached hydrogens (primary N) is 1. The molecule has 0 aliphatic rings. The van der Waals surface area contributed by atoms with Crippen LogP contribution >= 0.6 is 11.6 Å². The van der Waals surface area contributed by atoms with Crippen molar-refractivity contribution in [2.75, 3.05) is 13.7 Å². The fourth-order valence-corrected chi connectivity index (χ4v) is 1.28. The fourth-order valence-electron chi connectivity index (χ4n) is 1.01. The zero-order valence-corrected chi connectivity index (χ0v) is 7.95. The van der Waals surface area contributed by atoms with Gasteiger partial charge in [0.1, 0.15) is 0 Å². The van der Waals surface area contributed by atoms with Crippen molar-refractivity contribution in [3.05, 3.63) is 22.8 Å². The van der Waals surface area contributed by atoms with Crippen molar-refractivity contribution in [2.45, 2.75) is 6.10 Å². The molecule has 1 aromatic rings. The molecule has 0 aromatic carbocycles. The lowest BCUT2D eigenvalue weighted by Crippen LogP contribution is -2.13. The van der Waals surface area contributed by atoms with E-state index in [1.54, 1.807) is 6.07 Å². The van der Waals surface area contributed by atoms with Crippen molar-refractivity contribution in [2.24, 2.45) is 5.73 Å². The molecule has 5 heteroatoms. The molecule has 4 nitrogen and oxygen atoms in total. The van der Waals surface area contributed by atoms with Gasteiger partial charge >= 0.3 is 0 Å². The largest absolute Gasteiger partial charge is 0.481 e. The minimum Gasteiger partial charge on any atom is -0.481 e. The first-order valence-corrected chi connectivity index (χ1v) is 4.15. The van der Waals surface area contributed by atoms with Gasteiger partial charge in [-0.2, -0.15) is 0 Å². The summed E-state index contributed by atoms with van der Waals surface area (Å²) in [5.74, 6) is 0.311. The summed E-state index contributed by atoms with van der Waals surface area (Å²) in [5, 5.41) is 9.90. The van der Waals surface area contributed by atoms with Gasteiger partial charge in [-0.1, -0.05) is 11.6 Å². The molecule has 72 valence electrons. The number of aliphatic hydroxyl groups excluding tert-OH is 1. The lowest BCUT2D eigenvalue weighted by Gasteiger charge is -2.12. The standard InChI is InChI=1S/C8H11ClN2O2/c1-13-8-7(6(12)4-10)5(9)2-3-11-8/h2-3,6,12H,4,10H2,1H3/t6-/m0/s1. The minimum atomic E-state index is -0.837. The maximum atomic E-state index is 9.49. The molecular weight excluding hydrogens is 192 g/mol. The van der Waals surface area contributed by atoms with Crippen LogP contribution < -0.4 is 10.5 Å². The Hall–Kier alpha value is -0.840. The molecular formula is C8H11ClN2O2. The van der Waals surface area contributed by atoms with Crippen LogP contribution in [-0.4, -0.2) is 23.7 Å². The highest BCUT2D eigenvalue weighted by Crippen LogP contribution is 2.29. The lowest BCUT2D eigenvalue weighted by atomic mass is 10.1. The summed E-state index contributed by atoms with van der Waals surface area (Å²) in [5.41, 5.74) is 5.74. The fraction of sp³-hybridized carbons (Fsp3) is 0.375. The Bertz CT molecular complexity index is 293. The summed E-state index contributed by atoms with van der Waals surface area (Å²) < 4.78 is 4.94. The highest BCUT2D eigenvalue weighted by molar-refractivity contribution is 6.31. The Balaban J connectivity index is 3.14. The highest BCUT2D eigenvalue weighted by Gasteiger charge is 2.16. The Morgan fingerprint density at radius 1 is 1.77 bits per heavy atom. The number of aliphatic hydroxyl groups is 1. The van der Waals surface area contributed by atoms with Gasteiger partial charge in [0.2, 0.25) is 5.88 Å². The number of halogens is 1. The molecule has 1 aromatic heterocycles. The predicted octanol–water partition coefficient (Wildman–Crippen LogP) is 0.736. The number of ether oxygens (including phenoxy) is 1. The van der Waals surface area contributed by atoms with Crippen molar-refractivity contribution in [3.63, 3.8) is 0 Å². The van der Waals surface area contributed by atoms with Crippen molar-refractivity contribution in [1.29, 1.82) is 0 Å². The van der Waals surface area contributed by atoms with Gasteiger partial charge in [-0.15, -0.1) is 0 Å². The summed E-state index contributed by atoms with van der Waals surface area (Å²) >= 11 is 5.85. The van der Waals surface area contributed by atoms with Crippen LogP contribution in [0.2, 0.25) is 5.02 Å². The summed E-state index contributed by atoms with van der Waals surface area (Å²) in [6.07, 6.45) is 0.671. The lowest BCUT2D eigenvalue weighted by molar-refractivity contribution is 0.181. The van der Waals surface area contributed by atoms with Crippen LogP contribution in [0.5, 0.6) is 5.88 Å². The molecule has 0 aliphatic heterocycles. The van der Waals surface area contributed by atoms with Gasteiger partial charge in [0.15, 0.2) is 0 Å². The second-order valence-corrected chi connectivity index (χ2v) is 2.87. The van der Waals surface area contributed by atoms with E-state index >= 15 is 0 Å². The number of rotatable bonds is 3. The molecule has 0 amide bonds. The third-order valence-corrected chi connectivity index (χ3v) is 1.98. The Morgan fingerprint density at radius 2 is 2.46 bits per heavy atom. The van der Waals surface area contributed by atoms with Crippen LogP contribution in [-0.2, 0) is 0 Å². The molecule has 0 radical (unpaired) electrons. The van der Waals surface area contributed by atoms with Crippen molar-refractivity contribution in [3.8, 4) is 5.88 Å². The number of hydrogen-bond donors (Lipinski definition) is 2. The first-order chi connectivity index (χ1) is 6.20. The Labute approximate surface area is 81.3 Å². The third-order valence-electron chi connectivity index (χ3n) is 1.65. The van der Waals surface area contributed by atoms with E-state index in [1.165, 1.54) is 13.3 Å². The van der Waals surface area contributed by atoms with E-state index in [4.69, 9.17) is 22.1 Å². The number of hydrogen-bond acceptors (Lipinski definition) is 4. The molecule has 0 unspecified atom stereocenters. The predicted molar refractivity (Wildman–Crippen MR) is 49.8 cm³/mol. The summed E-state index contributed by atoms with van der Waals surface area (Å²) in [4.78, 5) is 3.90. The van der Waals surface area contributed by atoms with Gasteiger partial charge in [-0.3, -0.25) is 0 Å². The van der Waals surface area contributed by atoms with Gasteiger partial charge in [0.05, 0.1) is 23.8 Å². The van der Waals surface area contributed by atoms with Crippen LogP contribution in [0.25, 0.3) is 0 Å². The molecule has 0 saturated carbocycles. The summed E-state index contributed by atoms with van der Waals surface area (Å²) in [6, 6.07) is 1.58. The quantitative estimate of drug-likeness (QED) is 0.759. The number of methoxy groups -OCH3 is 1. The van der Waals surface area contributed by atoms with Crippen LogP contribution in [0.4, 0.5) is 0 Å². The molecule has 1 rings (SSSR count). The van der Waals surface area contributed by atoms with E-state index in [1.807, 2.05) is 0 Å². The van der Waals surface area contributed by atoms with Gasteiger partial charge in [-0.25, -0.2) is 4.98 Å². The monoisotopic (exact) mass is 202 g/mol. The second-order valence-electron chi connectivity index (χ2n) is 2.47. The maximum Gasteiger partial charge on any atom is 0.220 e. The third kappa shape index (κ3) is 2.09. The molecule has 13 heavy (non-hydrogen) atoms. The smallest absolute Gasteiger partial charge is 0.220 e. The SMILES string of the molecule is COc1nccc(Cl)c1[C@@H](O)CN. The van der Waals surface area contributed by atoms with Crippen LogP contribution in [0.1, 0.15) is 11.7 Å². The zero-order chi connectivity index (χ0) is 9.84. The molecule has 0 bridgehead atoms. The molecule has 1 heterocycles. The maximum absolute atomic E-state index is 9.49. The molecule has 0 fully saturated rings. The summed E-state index contributed by atoms with van der Waals surface area (Å²) in [6.45, 7) is 0.0851. The first-order valence-electron chi connectivity index (χ1n) is 3.77. The van der Waals surface area contributed by atoms with E-state index in [9.17, 15) is 5.11 Å². The van der Waals surface area contributed by atoms with E-state index in [2.05, 4.69) is 4.98 Å². The molecule has 1 atom stereocenters. The number of nitrogens with zero attached hydrogens (tertiary/aromatic N) is 1. The van der Waals surface area contributed by atoms with Crippen molar-refractivity contribution in [1.82, 2.24) is 4.98 Å². The van der Waals surface area contributed by atoms with Crippen molar-refractivity contribution < 1.29 is 9.84 Å². The van der Waals surface area contributed by atoms with Gasteiger partial charge < -0.3 is 15.6 Å². The van der Waals surface area contributed by atoms with Crippen LogP contribution in [0.15, 0.2) is 12.3 Å². The Morgan fingerprint density at radius 3 is 3.00 bits per heavy atom. The van der Waals surface area contributed by atoms with E-state index in [0.29, 0.717) is 16.5 Å². The molecule has 0 aliphatic carbocycles. The summed E-state index contributed by atoms with van der Waals surface area (Å²) in [7, 11) is 1.46. The van der Waals surface area contributed by atoms with Gasteiger partial charge in [0, 0.05) is 12.7 Å². The molecule has 0 saturated heterocycles.